The van der Waals surface area contributed by atoms with Crippen LogP contribution in [-0.2, 0) is 6.42 Å². The van der Waals surface area contributed by atoms with E-state index in [0.29, 0.717) is 0 Å². The third-order valence-electron chi connectivity index (χ3n) is 4.35. The predicted molar refractivity (Wildman–Crippen MR) is 81.7 cm³/mol. The average Bonchev–Trinajstić information content (AvgIpc) is 2.44. The lowest BCUT2D eigenvalue weighted by molar-refractivity contribution is 0.288. The zero-order chi connectivity index (χ0) is 13.5. The molecule has 1 saturated carbocycles. The highest BCUT2D eigenvalue weighted by molar-refractivity contribution is 5.27. The Bertz CT molecular complexity index is 346. The highest BCUT2D eigenvalue weighted by Crippen LogP contribution is 2.30. The SMILES string of the molecule is CCCCOc1ccc(CC2CCC(C)CC2)cc1. The van der Waals surface area contributed by atoms with Crippen molar-refractivity contribution in [2.45, 2.75) is 58.8 Å². The Labute approximate surface area is 118 Å². The van der Waals surface area contributed by atoms with Crippen molar-refractivity contribution in [1.29, 1.82) is 0 Å². The summed E-state index contributed by atoms with van der Waals surface area (Å²) in [4.78, 5) is 0. The minimum atomic E-state index is 0.844. The van der Waals surface area contributed by atoms with Gasteiger partial charge in [0.25, 0.3) is 0 Å². The molecule has 0 N–H and O–H groups in total. The fraction of sp³-hybridized carbons (Fsp3) is 0.667. The first-order valence-corrected chi connectivity index (χ1v) is 7.99. The highest BCUT2D eigenvalue weighted by atomic mass is 16.5. The van der Waals surface area contributed by atoms with Crippen molar-refractivity contribution in [3.8, 4) is 5.75 Å². The van der Waals surface area contributed by atoms with Crippen molar-refractivity contribution in [3.63, 3.8) is 0 Å². The molecule has 0 spiro atoms. The number of benzene rings is 1. The zero-order valence-electron chi connectivity index (χ0n) is 12.5. The van der Waals surface area contributed by atoms with Gasteiger partial charge in [0.05, 0.1) is 6.61 Å². The fourth-order valence-corrected chi connectivity index (χ4v) is 2.92. The third-order valence-corrected chi connectivity index (χ3v) is 4.35. The van der Waals surface area contributed by atoms with E-state index >= 15 is 0 Å². The van der Waals surface area contributed by atoms with E-state index < -0.39 is 0 Å². The van der Waals surface area contributed by atoms with E-state index in [2.05, 4.69) is 38.1 Å². The maximum absolute atomic E-state index is 5.71. The lowest BCUT2D eigenvalue weighted by Crippen LogP contribution is -2.14. The minimum absolute atomic E-state index is 0.844. The standard InChI is InChI=1S/C18H28O/c1-3-4-13-19-18-11-9-17(10-12-18)14-16-7-5-15(2)6-8-16/h9-12,15-16H,3-8,13-14H2,1-2H3. The maximum Gasteiger partial charge on any atom is 0.119 e. The molecule has 1 aromatic carbocycles. The smallest absolute Gasteiger partial charge is 0.119 e. The van der Waals surface area contributed by atoms with Gasteiger partial charge in [-0.05, 0) is 55.2 Å². The predicted octanol–water partition coefficient (Wildman–Crippen LogP) is 5.23. The van der Waals surface area contributed by atoms with Crippen LogP contribution < -0.4 is 4.74 Å². The molecule has 1 fully saturated rings. The number of rotatable bonds is 6. The van der Waals surface area contributed by atoms with Gasteiger partial charge in [-0.1, -0.05) is 45.2 Å². The summed E-state index contributed by atoms with van der Waals surface area (Å²) in [6.45, 7) is 5.42. The van der Waals surface area contributed by atoms with Crippen molar-refractivity contribution < 1.29 is 4.74 Å². The third kappa shape index (κ3) is 4.89. The molecule has 0 bridgehead atoms. The van der Waals surface area contributed by atoms with Crippen LogP contribution in [0.1, 0.15) is 57.9 Å². The molecular weight excluding hydrogens is 232 g/mol. The van der Waals surface area contributed by atoms with Gasteiger partial charge in [0.1, 0.15) is 5.75 Å². The Hall–Kier alpha value is -0.980. The van der Waals surface area contributed by atoms with Crippen LogP contribution in [0, 0.1) is 11.8 Å². The van der Waals surface area contributed by atoms with E-state index in [1.165, 1.54) is 44.1 Å². The summed E-state index contributed by atoms with van der Waals surface area (Å²) in [5, 5.41) is 0. The molecule has 0 heterocycles. The van der Waals surface area contributed by atoms with Gasteiger partial charge in [-0.15, -0.1) is 0 Å². The molecule has 0 radical (unpaired) electrons. The second kappa shape index (κ2) is 7.57. The quantitative estimate of drug-likeness (QED) is 0.636. The number of hydrogen-bond donors (Lipinski definition) is 0. The van der Waals surface area contributed by atoms with Crippen LogP contribution in [0.15, 0.2) is 24.3 Å². The Kier molecular flexibility index (Phi) is 5.75. The number of ether oxygens (including phenoxy) is 1. The summed E-state index contributed by atoms with van der Waals surface area (Å²) in [6.07, 6.45) is 9.25. The first-order valence-electron chi connectivity index (χ1n) is 7.99. The molecule has 1 nitrogen and oxygen atoms in total. The number of unbranched alkanes of at least 4 members (excludes halogenated alkanes) is 1. The van der Waals surface area contributed by atoms with Crippen molar-refractivity contribution in [2.75, 3.05) is 6.61 Å². The normalized spacial score (nSPS) is 23.3. The molecule has 1 heteroatoms. The van der Waals surface area contributed by atoms with E-state index in [0.717, 1.165) is 30.6 Å². The molecule has 0 aliphatic heterocycles. The van der Waals surface area contributed by atoms with Crippen molar-refractivity contribution in [2.24, 2.45) is 11.8 Å². The van der Waals surface area contributed by atoms with Gasteiger partial charge in [0.2, 0.25) is 0 Å². The molecule has 0 saturated heterocycles. The summed E-state index contributed by atoms with van der Waals surface area (Å²) in [7, 11) is 0. The molecule has 1 aliphatic rings. The van der Waals surface area contributed by atoms with Crippen LogP contribution in [0.2, 0.25) is 0 Å². The van der Waals surface area contributed by atoms with Gasteiger partial charge >= 0.3 is 0 Å². The maximum atomic E-state index is 5.71. The van der Waals surface area contributed by atoms with Crippen LogP contribution in [0.5, 0.6) is 5.75 Å². The summed E-state index contributed by atoms with van der Waals surface area (Å²) in [5.74, 6) is 2.88. The lowest BCUT2D eigenvalue weighted by atomic mass is 9.80. The molecule has 0 atom stereocenters. The Morgan fingerprint density at radius 2 is 1.74 bits per heavy atom. The zero-order valence-corrected chi connectivity index (χ0v) is 12.5. The van der Waals surface area contributed by atoms with Gasteiger partial charge < -0.3 is 4.74 Å². The van der Waals surface area contributed by atoms with Crippen molar-refractivity contribution in [1.82, 2.24) is 0 Å². The Morgan fingerprint density at radius 1 is 1.05 bits per heavy atom. The molecule has 0 aromatic heterocycles. The fourth-order valence-electron chi connectivity index (χ4n) is 2.92. The minimum Gasteiger partial charge on any atom is -0.494 e. The van der Waals surface area contributed by atoms with Crippen LogP contribution in [0.4, 0.5) is 0 Å². The van der Waals surface area contributed by atoms with Crippen LogP contribution >= 0.6 is 0 Å². The second-order valence-electron chi connectivity index (χ2n) is 6.18. The number of hydrogen-bond acceptors (Lipinski definition) is 1. The van der Waals surface area contributed by atoms with Crippen LogP contribution in [-0.4, -0.2) is 6.61 Å². The van der Waals surface area contributed by atoms with Crippen LogP contribution in [0.25, 0.3) is 0 Å². The summed E-state index contributed by atoms with van der Waals surface area (Å²) < 4.78 is 5.71. The van der Waals surface area contributed by atoms with E-state index in [9.17, 15) is 0 Å². The average molecular weight is 260 g/mol. The largest absolute Gasteiger partial charge is 0.494 e. The monoisotopic (exact) mass is 260 g/mol. The van der Waals surface area contributed by atoms with E-state index in [1.54, 1.807) is 0 Å². The molecule has 2 rings (SSSR count). The summed E-state index contributed by atoms with van der Waals surface area (Å²) in [6, 6.07) is 8.77. The first-order chi connectivity index (χ1) is 9.28. The van der Waals surface area contributed by atoms with Crippen molar-refractivity contribution in [3.05, 3.63) is 29.8 Å². The molecule has 0 amide bonds. The lowest BCUT2D eigenvalue weighted by Gasteiger charge is -2.26. The van der Waals surface area contributed by atoms with Gasteiger partial charge in [-0.25, -0.2) is 0 Å². The van der Waals surface area contributed by atoms with Gasteiger partial charge in [-0.2, -0.15) is 0 Å². The van der Waals surface area contributed by atoms with Gasteiger partial charge in [-0.3, -0.25) is 0 Å². The van der Waals surface area contributed by atoms with E-state index in [1.807, 2.05) is 0 Å². The Morgan fingerprint density at radius 3 is 2.37 bits per heavy atom. The molecule has 0 unspecified atom stereocenters. The molecule has 106 valence electrons. The van der Waals surface area contributed by atoms with Crippen LogP contribution in [0.3, 0.4) is 0 Å². The molecular formula is C18H28O. The van der Waals surface area contributed by atoms with Crippen molar-refractivity contribution >= 4 is 0 Å². The molecule has 1 aromatic rings. The van der Waals surface area contributed by atoms with E-state index in [4.69, 9.17) is 4.74 Å². The van der Waals surface area contributed by atoms with E-state index in [-0.39, 0.29) is 0 Å². The molecule has 1 aliphatic carbocycles. The topological polar surface area (TPSA) is 9.23 Å². The second-order valence-corrected chi connectivity index (χ2v) is 6.18. The summed E-state index contributed by atoms with van der Waals surface area (Å²) in [5.41, 5.74) is 1.47. The van der Waals surface area contributed by atoms with Gasteiger partial charge in [0, 0.05) is 0 Å². The highest BCUT2D eigenvalue weighted by Gasteiger charge is 2.18. The molecule has 19 heavy (non-hydrogen) atoms. The van der Waals surface area contributed by atoms with Gasteiger partial charge in [0.15, 0.2) is 0 Å². The first kappa shape index (κ1) is 14.4. The Balaban J connectivity index is 1.78. The summed E-state index contributed by atoms with van der Waals surface area (Å²) >= 11 is 0.